The van der Waals surface area contributed by atoms with Crippen LogP contribution in [-0.4, -0.2) is 4.57 Å². The second-order valence-corrected chi connectivity index (χ2v) is 7.33. The molecule has 0 bridgehead atoms. The maximum atomic E-state index is 8.21. The fraction of sp³-hybridized carbons (Fsp3) is 0.476. The van der Waals surface area contributed by atoms with Crippen molar-refractivity contribution in [1.82, 2.24) is 4.57 Å². The second-order valence-electron chi connectivity index (χ2n) is 7.33. The molecule has 1 saturated carbocycles. The van der Waals surface area contributed by atoms with E-state index in [1.807, 2.05) is 46.5 Å². The maximum Gasteiger partial charge on any atom is 0.263 e. The zero-order valence-electron chi connectivity index (χ0n) is 17.3. The van der Waals surface area contributed by atoms with Crippen LogP contribution in [0.15, 0.2) is 30.3 Å². The zero-order chi connectivity index (χ0) is 18.7. The van der Waals surface area contributed by atoms with Gasteiger partial charge < -0.3 is 0 Å². The molecule has 1 unspecified atom stereocenters. The van der Waals surface area contributed by atoms with Crippen molar-refractivity contribution in [2.24, 2.45) is 5.92 Å². The van der Waals surface area contributed by atoms with Crippen LogP contribution in [0.1, 0.15) is 59.5 Å². The predicted octanol–water partition coefficient (Wildman–Crippen LogP) is 4.62. The Morgan fingerprint density at radius 2 is 1.96 bits per heavy atom. The summed E-state index contributed by atoms with van der Waals surface area (Å²) < 4.78 is 28.6. The van der Waals surface area contributed by atoms with Gasteiger partial charge in [0.1, 0.15) is 11.4 Å². The van der Waals surface area contributed by atoms with Gasteiger partial charge in [-0.1, -0.05) is 31.0 Å². The summed E-state index contributed by atoms with van der Waals surface area (Å²) in [4.78, 5) is 0. The van der Waals surface area contributed by atoms with Crippen molar-refractivity contribution in [2.45, 2.75) is 58.7 Å². The number of nitrogens with zero attached hydrogens (tertiary/aromatic N) is 2. The van der Waals surface area contributed by atoms with Gasteiger partial charge in [-0.3, -0.25) is 0 Å². The highest BCUT2D eigenvalue weighted by atomic mass is 15.2. The summed E-state index contributed by atoms with van der Waals surface area (Å²) in [6, 6.07) is 8.03. The van der Waals surface area contributed by atoms with Crippen LogP contribution < -0.4 is 4.57 Å². The van der Waals surface area contributed by atoms with Crippen molar-refractivity contribution in [3.8, 4) is 5.69 Å². The van der Waals surface area contributed by atoms with Crippen LogP contribution in [0.4, 0.5) is 0 Å². The molecule has 0 amide bonds. The standard InChI is InChI=1S/C21H27N2/c1-15-9-5-8-12-19(15)23-16(2)20-21(4,18-10-6-7-11-18)13-14-22(20)17(23)3/h5,8-9,12-14,18H,6-7,10-11H2,1-4H3/q+1/i3D3. The molecule has 2 heteroatoms. The largest absolute Gasteiger partial charge is 0.263 e. The Morgan fingerprint density at radius 1 is 1.22 bits per heavy atom. The summed E-state index contributed by atoms with van der Waals surface area (Å²) in [5.41, 5.74) is 4.15. The van der Waals surface area contributed by atoms with Gasteiger partial charge in [0.2, 0.25) is 0 Å². The average molecular weight is 310 g/mol. The Bertz CT molecular complexity index is 885. The molecule has 4 rings (SSSR count). The quantitative estimate of drug-likeness (QED) is 0.716. The van der Waals surface area contributed by atoms with Gasteiger partial charge in [0.05, 0.1) is 11.6 Å². The molecule has 0 radical (unpaired) electrons. The van der Waals surface area contributed by atoms with Crippen molar-refractivity contribution < 1.29 is 8.68 Å². The molecule has 1 atom stereocenters. The molecule has 1 aromatic carbocycles. The summed E-state index contributed by atoms with van der Waals surface area (Å²) >= 11 is 0. The van der Waals surface area contributed by atoms with Crippen molar-refractivity contribution in [3.63, 3.8) is 0 Å². The number of aryl methyl sites for hydroxylation is 1. The number of rotatable bonds is 2. The van der Waals surface area contributed by atoms with E-state index in [1.165, 1.54) is 25.7 Å². The zero-order valence-corrected chi connectivity index (χ0v) is 14.3. The van der Waals surface area contributed by atoms with E-state index >= 15 is 0 Å². The Balaban J connectivity index is 2.01. The minimum absolute atomic E-state index is 0.0888. The molecule has 1 fully saturated rings. The third-order valence-electron chi connectivity index (χ3n) is 6.00. The normalized spacial score (nSPS) is 26.1. The first-order valence-corrected chi connectivity index (χ1v) is 8.68. The van der Waals surface area contributed by atoms with Crippen LogP contribution >= 0.6 is 0 Å². The summed E-state index contributed by atoms with van der Waals surface area (Å²) in [5, 5.41) is 0. The molecular weight excluding hydrogens is 280 g/mol. The second kappa shape index (κ2) is 5.09. The summed E-state index contributed by atoms with van der Waals surface area (Å²) in [6.07, 6.45) is 9.23. The van der Waals surface area contributed by atoms with Crippen LogP contribution in [0, 0.1) is 26.6 Å². The third-order valence-corrected chi connectivity index (χ3v) is 6.00. The number of benzene rings is 1. The summed E-state index contributed by atoms with van der Waals surface area (Å²) in [6.45, 7) is 4.22. The molecule has 2 aromatic rings. The van der Waals surface area contributed by atoms with E-state index in [0.717, 1.165) is 22.6 Å². The van der Waals surface area contributed by atoms with Gasteiger partial charge in [0.25, 0.3) is 5.82 Å². The number of para-hydroxylation sites is 1. The van der Waals surface area contributed by atoms with Gasteiger partial charge >= 0.3 is 0 Å². The first-order chi connectivity index (χ1) is 12.2. The summed E-state index contributed by atoms with van der Waals surface area (Å²) in [5.74, 6) is 0.973. The van der Waals surface area contributed by atoms with E-state index in [-0.39, 0.29) is 5.41 Å². The lowest BCUT2D eigenvalue weighted by Crippen LogP contribution is -2.37. The van der Waals surface area contributed by atoms with E-state index in [1.54, 1.807) is 0 Å². The van der Waals surface area contributed by atoms with Gasteiger partial charge in [-0.15, -0.1) is 0 Å². The topological polar surface area (TPSA) is 8.81 Å². The van der Waals surface area contributed by atoms with Crippen LogP contribution in [0.25, 0.3) is 11.9 Å². The van der Waals surface area contributed by atoms with E-state index in [0.29, 0.717) is 11.7 Å². The number of fused-ring (bicyclic) bond motifs is 1. The minimum atomic E-state index is -2.18. The van der Waals surface area contributed by atoms with Crippen molar-refractivity contribution >= 4 is 6.20 Å². The number of hydrogen-bond acceptors (Lipinski definition) is 0. The van der Waals surface area contributed by atoms with Crippen molar-refractivity contribution in [2.75, 3.05) is 0 Å². The van der Waals surface area contributed by atoms with E-state index in [4.69, 9.17) is 4.11 Å². The molecule has 120 valence electrons. The van der Waals surface area contributed by atoms with Gasteiger partial charge in [0, 0.05) is 17.9 Å². The first-order valence-electron chi connectivity index (χ1n) is 10.2. The Labute approximate surface area is 143 Å². The highest BCUT2D eigenvalue weighted by Gasteiger charge is 2.47. The minimum Gasteiger partial charge on any atom is -0.203 e. The molecule has 0 spiro atoms. The molecule has 1 aliphatic carbocycles. The van der Waals surface area contributed by atoms with Crippen LogP contribution in [0.3, 0.4) is 0 Å². The monoisotopic (exact) mass is 310 g/mol. The molecule has 0 N–H and O–H groups in total. The molecule has 1 aromatic heterocycles. The Kier molecular flexibility index (Phi) is 2.58. The highest BCUT2D eigenvalue weighted by molar-refractivity contribution is 5.46. The first kappa shape index (κ1) is 11.7. The average Bonchev–Trinajstić information content (AvgIpc) is 3.26. The lowest BCUT2D eigenvalue weighted by molar-refractivity contribution is -0.581. The fourth-order valence-corrected chi connectivity index (χ4v) is 4.72. The molecule has 0 saturated heterocycles. The molecule has 2 nitrogen and oxygen atoms in total. The molecular formula is C21H27N2+. The number of imidazole rings is 1. The molecule has 23 heavy (non-hydrogen) atoms. The van der Waals surface area contributed by atoms with Crippen LogP contribution in [-0.2, 0) is 5.41 Å². The van der Waals surface area contributed by atoms with Crippen LogP contribution in [0.2, 0.25) is 0 Å². The lowest BCUT2D eigenvalue weighted by atomic mass is 9.74. The predicted molar refractivity (Wildman–Crippen MR) is 94.8 cm³/mol. The molecule has 1 aliphatic heterocycles. The van der Waals surface area contributed by atoms with Gasteiger partial charge in [0.15, 0.2) is 5.69 Å². The third kappa shape index (κ3) is 1.97. The van der Waals surface area contributed by atoms with Gasteiger partial charge in [-0.2, -0.15) is 4.57 Å². The Morgan fingerprint density at radius 3 is 2.65 bits per heavy atom. The SMILES string of the molecule is [2H]C([2H])([2H])c1n(-c2ccccc2C)c(C)c2[n+]1C=CC2(C)C1CCCC1. The highest BCUT2D eigenvalue weighted by Crippen LogP contribution is 2.45. The number of aromatic nitrogens is 2. The van der Waals surface area contributed by atoms with E-state index < -0.39 is 6.85 Å². The van der Waals surface area contributed by atoms with Crippen LogP contribution in [0.5, 0.6) is 0 Å². The lowest BCUT2D eigenvalue weighted by Gasteiger charge is -2.27. The fourth-order valence-electron chi connectivity index (χ4n) is 4.72. The smallest absolute Gasteiger partial charge is 0.203 e. The number of hydrogen-bond donors (Lipinski definition) is 0. The van der Waals surface area contributed by atoms with Crippen molar-refractivity contribution in [1.29, 1.82) is 0 Å². The van der Waals surface area contributed by atoms with Crippen molar-refractivity contribution in [3.05, 3.63) is 53.1 Å². The maximum absolute atomic E-state index is 8.21. The van der Waals surface area contributed by atoms with E-state index in [2.05, 4.69) is 19.9 Å². The van der Waals surface area contributed by atoms with E-state index in [9.17, 15) is 0 Å². The van der Waals surface area contributed by atoms with Gasteiger partial charge in [-0.05, 0) is 50.3 Å². The number of allylic oxidation sites excluding steroid dienone is 1. The van der Waals surface area contributed by atoms with Gasteiger partial charge in [-0.25, -0.2) is 4.57 Å². The molecule has 2 aliphatic rings. The molecule has 2 heterocycles. The Hall–Kier alpha value is -1.83. The summed E-state index contributed by atoms with van der Waals surface area (Å²) in [7, 11) is 0.